The fraction of sp³-hybridized carbons (Fsp3) is 0.421. The first-order valence-corrected chi connectivity index (χ1v) is 9.29. The van der Waals surface area contributed by atoms with Crippen LogP contribution in [0.4, 0.5) is 11.5 Å². The molecule has 138 valence electrons. The second-order valence-corrected chi connectivity index (χ2v) is 6.81. The fourth-order valence-corrected chi connectivity index (χ4v) is 3.38. The molecule has 7 heteroatoms. The van der Waals surface area contributed by atoms with Crippen molar-refractivity contribution in [1.82, 2.24) is 14.9 Å². The van der Waals surface area contributed by atoms with Gasteiger partial charge in [0.05, 0.1) is 6.54 Å². The lowest BCUT2D eigenvalue weighted by molar-refractivity contribution is -0.117. The van der Waals surface area contributed by atoms with Gasteiger partial charge in [0.1, 0.15) is 16.8 Å². The summed E-state index contributed by atoms with van der Waals surface area (Å²) in [5.74, 6) is 1.55. The molecule has 6 nitrogen and oxygen atoms in total. The highest BCUT2D eigenvalue weighted by molar-refractivity contribution is 6.29. The van der Waals surface area contributed by atoms with Crippen LogP contribution in [0.1, 0.15) is 18.3 Å². The van der Waals surface area contributed by atoms with E-state index in [1.807, 2.05) is 31.2 Å². The van der Waals surface area contributed by atoms with Crippen LogP contribution in [0.5, 0.6) is 0 Å². The van der Waals surface area contributed by atoms with Crippen LogP contribution in [0.3, 0.4) is 0 Å². The number of benzene rings is 1. The summed E-state index contributed by atoms with van der Waals surface area (Å²) in [6.45, 7) is 7.56. The number of hydrogen-bond donors (Lipinski definition) is 1. The van der Waals surface area contributed by atoms with E-state index < -0.39 is 0 Å². The average Bonchev–Trinajstić information content (AvgIpc) is 2.62. The highest BCUT2D eigenvalue weighted by Gasteiger charge is 2.20. The van der Waals surface area contributed by atoms with Crippen LogP contribution in [0.15, 0.2) is 30.3 Å². The van der Waals surface area contributed by atoms with Gasteiger partial charge in [-0.15, -0.1) is 0 Å². The maximum atomic E-state index is 12.4. The van der Waals surface area contributed by atoms with Gasteiger partial charge in [-0.1, -0.05) is 36.7 Å². The van der Waals surface area contributed by atoms with Crippen LogP contribution in [0, 0.1) is 6.92 Å². The van der Waals surface area contributed by atoms with E-state index in [4.69, 9.17) is 11.6 Å². The number of para-hydroxylation sites is 1. The minimum atomic E-state index is 0.0280. The van der Waals surface area contributed by atoms with Gasteiger partial charge in [0.15, 0.2) is 0 Å². The SMILES string of the molecule is CCc1ccccc1NC(=O)CN1CCN(c2cc(Cl)nc(C)n2)CC1. The standard InChI is InChI=1S/C19H24ClN5O/c1-3-15-6-4-5-7-16(15)23-19(26)13-24-8-10-25(11-9-24)18-12-17(20)21-14(2)22-18/h4-7,12H,3,8-11,13H2,1-2H3,(H,23,26). The van der Waals surface area contributed by atoms with Crippen LogP contribution in [-0.2, 0) is 11.2 Å². The fourth-order valence-electron chi connectivity index (χ4n) is 3.16. The lowest BCUT2D eigenvalue weighted by atomic mass is 10.1. The Labute approximate surface area is 159 Å². The molecule has 1 fully saturated rings. The molecule has 1 saturated heterocycles. The normalized spacial score (nSPS) is 15.1. The minimum Gasteiger partial charge on any atom is -0.354 e. The summed E-state index contributed by atoms with van der Waals surface area (Å²) < 4.78 is 0. The number of carbonyl (C=O) groups excluding carboxylic acids is 1. The monoisotopic (exact) mass is 373 g/mol. The molecule has 1 amide bonds. The highest BCUT2D eigenvalue weighted by Crippen LogP contribution is 2.18. The summed E-state index contributed by atoms with van der Waals surface area (Å²) in [5.41, 5.74) is 2.06. The molecule has 0 atom stereocenters. The van der Waals surface area contributed by atoms with Crippen molar-refractivity contribution < 1.29 is 4.79 Å². The Bertz CT molecular complexity index is 754. The van der Waals surface area contributed by atoms with Gasteiger partial charge in [-0.3, -0.25) is 9.69 Å². The Balaban J connectivity index is 1.53. The van der Waals surface area contributed by atoms with Crippen LogP contribution < -0.4 is 10.2 Å². The molecule has 26 heavy (non-hydrogen) atoms. The van der Waals surface area contributed by atoms with Crippen molar-refractivity contribution in [2.45, 2.75) is 20.3 Å². The maximum Gasteiger partial charge on any atom is 0.238 e. The first-order chi connectivity index (χ1) is 12.5. The van der Waals surface area contributed by atoms with E-state index in [9.17, 15) is 4.79 Å². The van der Waals surface area contributed by atoms with E-state index in [0.717, 1.165) is 49.7 Å². The molecule has 1 aromatic carbocycles. The van der Waals surface area contributed by atoms with Gasteiger partial charge < -0.3 is 10.2 Å². The third kappa shape index (κ3) is 4.71. The van der Waals surface area contributed by atoms with E-state index in [1.54, 1.807) is 6.07 Å². The van der Waals surface area contributed by atoms with Crippen LogP contribution in [0.2, 0.25) is 5.15 Å². The maximum absolute atomic E-state index is 12.4. The Kier molecular flexibility index (Phi) is 6.06. The van der Waals surface area contributed by atoms with E-state index >= 15 is 0 Å². The Morgan fingerprint density at radius 3 is 2.62 bits per heavy atom. The van der Waals surface area contributed by atoms with E-state index in [2.05, 4.69) is 32.0 Å². The van der Waals surface area contributed by atoms with Crippen LogP contribution in [-0.4, -0.2) is 53.5 Å². The third-order valence-electron chi connectivity index (χ3n) is 4.53. The topological polar surface area (TPSA) is 61.4 Å². The van der Waals surface area contributed by atoms with Crippen molar-refractivity contribution in [3.05, 3.63) is 46.9 Å². The zero-order valence-electron chi connectivity index (χ0n) is 15.2. The molecule has 0 aliphatic carbocycles. The second-order valence-electron chi connectivity index (χ2n) is 6.42. The van der Waals surface area contributed by atoms with Crippen molar-refractivity contribution in [2.24, 2.45) is 0 Å². The number of anilines is 2. The molecule has 2 aromatic rings. The quantitative estimate of drug-likeness (QED) is 0.816. The van der Waals surface area contributed by atoms with Crippen molar-refractivity contribution in [3.8, 4) is 0 Å². The number of aromatic nitrogens is 2. The molecule has 0 saturated carbocycles. The first kappa shape index (κ1) is 18.6. The Morgan fingerprint density at radius 1 is 1.19 bits per heavy atom. The smallest absolute Gasteiger partial charge is 0.238 e. The molecule has 0 spiro atoms. The number of nitrogens with zero attached hydrogens (tertiary/aromatic N) is 4. The molecule has 1 aromatic heterocycles. The molecule has 0 radical (unpaired) electrons. The summed E-state index contributed by atoms with van der Waals surface area (Å²) >= 11 is 6.03. The summed E-state index contributed by atoms with van der Waals surface area (Å²) in [5, 5.41) is 3.50. The summed E-state index contributed by atoms with van der Waals surface area (Å²) in [4.78, 5) is 25.3. The Morgan fingerprint density at radius 2 is 1.92 bits per heavy atom. The molecule has 0 unspecified atom stereocenters. The molecule has 0 bridgehead atoms. The van der Waals surface area contributed by atoms with Gasteiger partial charge in [0.2, 0.25) is 5.91 Å². The van der Waals surface area contributed by atoms with Crippen molar-refractivity contribution in [1.29, 1.82) is 0 Å². The van der Waals surface area contributed by atoms with Gasteiger partial charge in [-0.2, -0.15) is 0 Å². The number of halogens is 1. The minimum absolute atomic E-state index is 0.0280. The van der Waals surface area contributed by atoms with Crippen molar-refractivity contribution in [2.75, 3.05) is 42.9 Å². The summed E-state index contributed by atoms with van der Waals surface area (Å²) in [7, 11) is 0. The summed E-state index contributed by atoms with van der Waals surface area (Å²) in [6.07, 6.45) is 0.899. The zero-order chi connectivity index (χ0) is 18.5. The molecule has 3 rings (SSSR count). The van der Waals surface area contributed by atoms with E-state index in [-0.39, 0.29) is 5.91 Å². The highest BCUT2D eigenvalue weighted by atomic mass is 35.5. The Hall–Kier alpha value is -2.18. The molecule has 1 aliphatic heterocycles. The van der Waals surface area contributed by atoms with Crippen molar-refractivity contribution >= 4 is 29.0 Å². The number of nitrogens with one attached hydrogen (secondary N) is 1. The van der Waals surface area contributed by atoms with Gasteiger partial charge in [0.25, 0.3) is 0 Å². The molecule has 2 heterocycles. The van der Waals surface area contributed by atoms with Crippen LogP contribution >= 0.6 is 11.6 Å². The van der Waals surface area contributed by atoms with Crippen molar-refractivity contribution in [3.63, 3.8) is 0 Å². The number of hydrogen-bond acceptors (Lipinski definition) is 5. The number of piperazine rings is 1. The third-order valence-corrected chi connectivity index (χ3v) is 4.72. The predicted octanol–water partition coefficient (Wildman–Crippen LogP) is 2.76. The lowest BCUT2D eigenvalue weighted by Gasteiger charge is -2.35. The molecule has 1 N–H and O–H groups in total. The number of carbonyl (C=O) groups is 1. The van der Waals surface area contributed by atoms with Gasteiger partial charge in [-0.05, 0) is 25.0 Å². The number of aryl methyl sites for hydroxylation is 2. The lowest BCUT2D eigenvalue weighted by Crippen LogP contribution is -2.49. The van der Waals surface area contributed by atoms with Gasteiger partial charge in [0, 0.05) is 37.9 Å². The first-order valence-electron chi connectivity index (χ1n) is 8.91. The second kappa shape index (κ2) is 8.47. The molecular formula is C19H24ClN5O. The molecular weight excluding hydrogens is 350 g/mol. The average molecular weight is 374 g/mol. The largest absolute Gasteiger partial charge is 0.354 e. The van der Waals surface area contributed by atoms with Gasteiger partial charge >= 0.3 is 0 Å². The zero-order valence-corrected chi connectivity index (χ0v) is 16.0. The van der Waals surface area contributed by atoms with E-state index in [0.29, 0.717) is 17.5 Å². The summed E-state index contributed by atoms with van der Waals surface area (Å²) in [6, 6.07) is 9.73. The van der Waals surface area contributed by atoms with Gasteiger partial charge in [-0.25, -0.2) is 9.97 Å². The van der Waals surface area contributed by atoms with Crippen LogP contribution in [0.25, 0.3) is 0 Å². The molecule has 1 aliphatic rings. The van der Waals surface area contributed by atoms with E-state index in [1.165, 1.54) is 0 Å². The predicted molar refractivity (Wildman–Crippen MR) is 105 cm³/mol. The number of amides is 1. The number of rotatable bonds is 5.